The second kappa shape index (κ2) is 8.72. The molecule has 0 saturated carbocycles. The van der Waals surface area contributed by atoms with Crippen molar-refractivity contribution >= 4 is 16.0 Å². The fourth-order valence-corrected chi connectivity index (χ4v) is 2.59. The van der Waals surface area contributed by atoms with Crippen molar-refractivity contribution in [1.82, 2.24) is 20.2 Å². The molecule has 3 N–H and O–H groups in total. The fourth-order valence-electron chi connectivity index (χ4n) is 1.48. The molecule has 1 heterocycles. The van der Waals surface area contributed by atoms with E-state index in [1.54, 1.807) is 14.0 Å². The smallest absolute Gasteiger partial charge is 0.342 e. The van der Waals surface area contributed by atoms with E-state index in [0.29, 0.717) is 19.7 Å². The Bertz CT molecular complexity index is 543. The number of hydrogen-bond donors (Lipinski definition) is 3. The minimum absolute atomic E-state index is 0.114. The van der Waals surface area contributed by atoms with E-state index in [1.165, 1.54) is 0 Å². The molecule has 0 radical (unpaired) electrons. The summed E-state index contributed by atoms with van der Waals surface area (Å²) >= 11 is 0. The molecule has 0 aromatic carbocycles. The maximum Gasteiger partial charge on any atom is 0.342 e. The Morgan fingerprint density at radius 3 is 2.81 bits per heavy atom. The highest BCUT2D eigenvalue weighted by Crippen LogP contribution is 2.12. The average molecular weight is 320 g/mol. The average Bonchev–Trinajstić information content (AvgIpc) is 2.93. The van der Waals surface area contributed by atoms with Gasteiger partial charge in [-0.3, -0.25) is 5.10 Å². The number of carbonyl (C=O) groups excluding carboxylic acids is 1. The minimum Gasteiger partial charge on any atom is -0.462 e. The van der Waals surface area contributed by atoms with Crippen molar-refractivity contribution in [1.29, 1.82) is 0 Å². The van der Waals surface area contributed by atoms with Crippen molar-refractivity contribution in [3.63, 3.8) is 0 Å². The number of rotatable bonds is 10. The third-order valence-corrected chi connectivity index (χ3v) is 3.88. The van der Waals surface area contributed by atoms with Crippen LogP contribution >= 0.6 is 0 Å². The predicted molar refractivity (Wildman–Crippen MR) is 74.5 cm³/mol. The Hall–Kier alpha value is -1.49. The van der Waals surface area contributed by atoms with Crippen molar-refractivity contribution in [2.45, 2.75) is 11.9 Å². The number of esters is 1. The molecule has 0 spiro atoms. The number of carbonyl (C=O) groups is 1. The van der Waals surface area contributed by atoms with Crippen LogP contribution in [0, 0.1) is 0 Å². The normalized spacial score (nSPS) is 11.5. The van der Waals surface area contributed by atoms with Crippen molar-refractivity contribution in [2.75, 3.05) is 40.0 Å². The van der Waals surface area contributed by atoms with Crippen LogP contribution in [-0.2, 0) is 19.5 Å². The largest absolute Gasteiger partial charge is 0.462 e. The van der Waals surface area contributed by atoms with Gasteiger partial charge in [0.05, 0.1) is 19.4 Å². The number of H-pyrrole nitrogens is 1. The highest BCUT2D eigenvalue weighted by molar-refractivity contribution is 7.89. The fraction of sp³-hybridized carbons (Fsp3) is 0.636. The monoisotopic (exact) mass is 320 g/mol. The Balaban J connectivity index is 2.59. The van der Waals surface area contributed by atoms with Crippen LogP contribution in [-0.4, -0.2) is 64.5 Å². The topological polar surface area (TPSA) is 122 Å². The standard InChI is InChI=1S/C11H20N4O5S/c1-3-20-11(16)9-8-13-15-10(9)21(17,18)14-5-4-12-6-7-19-2/h8,12,14H,3-7H2,1-2H3,(H,13,15). The van der Waals surface area contributed by atoms with Gasteiger partial charge in [-0.2, -0.15) is 5.10 Å². The second-order valence-corrected chi connectivity index (χ2v) is 5.68. The molecular weight excluding hydrogens is 300 g/mol. The lowest BCUT2D eigenvalue weighted by Crippen LogP contribution is -2.33. The third-order valence-electron chi connectivity index (χ3n) is 2.45. The summed E-state index contributed by atoms with van der Waals surface area (Å²) in [5.74, 6) is -0.732. The zero-order chi connectivity index (χ0) is 15.7. The van der Waals surface area contributed by atoms with Crippen LogP contribution in [0.2, 0.25) is 0 Å². The van der Waals surface area contributed by atoms with Crippen LogP contribution in [0.4, 0.5) is 0 Å². The number of sulfonamides is 1. The van der Waals surface area contributed by atoms with Crippen LogP contribution < -0.4 is 10.0 Å². The predicted octanol–water partition coefficient (Wildman–Crippen LogP) is -0.899. The van der Waals surface area contributed by atoms with E-state index < -0.39 is 16.0 Å². The molecule has 0 aliphatic heterocycles. The van der Waals surface area contributed by atoms with Crippen LogP contribution in [0.1, 0.15) is 17.3 Å². The summed E-state index contributed by atoms with van der Waals surface area (Å²) in [4.78, 5) is 11.6. The molecular formula is C11H20N4O5S. The van der Waals surface area contributed by atoms with E-state index in [-0.39, 0.29) is 23.7 Å². The van der Waals surface area contributed by atoms with Gasteiger partial charge in [-0.1, -0.05) is 0 Å². The number of hydrogen-bond acceptors (Lipinski definition) is 7. The van der Waals surface area contributed by atoms with E-state index in [2.05, 4.69) is 20.2 Å². The van der Waals surface area contributed by atoms with Crippen LogP contribution in [0.3, 0.4) is 0 Å². The van der Waals surface area contributed by atoms with E-state index in [9.17, 15) is 13.2 Å². The van der Waals surface area contributed by atoms with Crippen LogP contribution in [0.15, 0.2) is 11.2 Å². The summed E-state index contributed by atoms with van der Waals surface area (Å²) in [6.45, 7) is 3.56. The maximum atomic E-state index is 12.1. The molecule has 0 atom stereocenters. The quantitative estimate of drug-likeness (QED) is 0.377. The lowest BCUT2D eigenvalue weighted by Gasteiger charge is -2.07. The van der Waals surface area contributed by atoms with Crippen LogP contribution in [0.5, 0.6) is 0 Å². The first-order valence-corrected chi connectivity index (χ1v) is 7.91. The van der Waals surface area contributed by atoms with Gasteiger partial charge in [0.15, 0.2) is 5.03 Å². The number of aromatic nitrogens is 2. The van der Waals surface area contributed by atoms with E-state index in [1.807, 2.05) is 0 Å². The van der Waals surface area contributed by atoms with Crippen molar-refractivity contribution in [3.05, 3.63) is 11.8 Å². The summed E-state index contributed by atoms with van der Waals surface area (Å²) in [5, 5.41) is 8.59. The van der Waals surface area contributed by atoms with Gasteiger partial charge in [0.1, 0.15) is 5.56 Å². The lowest BCUT2D eigenvalue weighted by molar-refractivity contribution is 0.0522. The molecule has 0 amide bonds. The van der Waals surface area contributed by atoms with Crippen molar-refractivity contribution in [3.8, 4) is 0 Å². The molecule has 0 aliphatic carbocycles. The Morgan fingerprint density at radius 2 is 2.14 bits per heavy atom. The van der Waals surface area contributed by atoms with Crippen molar-refractivity contribution < 1.29 is 22.7 Å². The Kier molecular flexibility index (Phi) is 7.29. The van der Waals surface area contributed by atoms with E-state index in [0.717, 1.165) is 6.20 Å². The summed E-state index contributed by atoms with van der Waals surface area (Å²) in [7, 11) is -2.26. The first-order valence-electron chi connectivity index (χ1n) is 6.42. The second-order valence-electron chi connectivity index (χ2n) is 3.97. The highest BCUT2D eigenvalue weighted by Gasteiger charge is 2.25. The van der Waals surface area contributed by atoms with Crippen LogP contribution in [0.25, 0.3) is 0 Å². The molecule has 9 nitrogen and oxygen atoms in total. The number of nitrogens with zero attached hydrogens (tertiary/aromatic N) is 1. The molecule has 1 aromatic heterocycles. The zero-order valence-corrected chi connectivity index (χ0v) is 12.8. The lowest BCUT2D eigenvalue weighted by atomic mass is 10.4. The summed E-state index contributed by atoms with van der Waals surface area (Å²) in [6, 6.07) is 0. The molecule has 10 heteroatoms. The molecule has 0 saturated heterocycles. The van der Waals surface area contributed by atoms with Gasteiger partial charge in [-0.05, 0) is 6.92 Å². The molecule has 0 bridgehead atoms. The third kappa shape index (κ3) is 5.42. The molecule has 1 aromatic rings. The number of ether oxygens (including phenoxy) is 2. The van der Waals surface area contributed by atoms with Gasteiger partial charge in [0, 0.05) is 26.7 Å². The molecule has 120 valence electrons. The molecule has 21 heavy (non-hydrogen) atoms. The molecule has 1 rings (SSSR count). The first kappa shape index (κ1) is 17.6. The van der Waals surface area contributed by atoms with Crippen molar-refractivity contribution in [2.24, 2.45) is 0 Å². The number of nitrogens with one attached hydrogen (secondary N) is 3. The summed E-state index contributed by atoms with van der Waals surface area (Å²) in [5.41, 5.74) is -0.114. The van der Waals surface area contributed by atoms with E-state index >= 15 is 0 Å². The number of aromatic amines is 1. The Labute approximate surface area is 123 Å². The molecule has 0 aliphatic rings. The van der Waals surface area contributed by atoms with Gasteiger partial charge in [0.2, 0.25) is 0 Å². The maximum absolute atomic E-state index is 12.1. The highest BCUT2D eigenvalue weighted by atomic mass is 32.2. The van der Waals surface area contributed by atoms with Gasteiger partial charge in [-0.15, -0.1) is 0 Å². The minimum atomic E-state index is -3.84. The zero-order valence-electron chi connectivity index (χ0n) is 12.0. The van der Waals surface area contributed by atoms with Gasteiger partial charge in [-0.25, -0.2) is 17.9 Å². The number of methoxy groups -OCH3 is 1. The molecule has 0 fully saturated rings. The van der Waals surface area contributed by atoms with Gasteiger partial charge in [0.25, 0.3) is 10.0 Å². The van der Waals surface area contributed by atoms with Gasteiger partial charge >= 0.3 is 5.97 Å². The molecule has 0 unspecified atom stereocenters. The Morgan fingerprint density at radius 1 is 1.38 bits per heavy atom. The summed E-state index contributed by atoms with van der Waals surface area (Å²) < 4.78 is 36.1. The SMILES string of the molecule is CCOC(=O)c1cn[nH]c1S(=O)(=O)NCCNCCOC. The van der Waals surface area contributed by atoms with E-state index in [4.69, 9.17) is 9.47 Å². The van der Waals surface area contributed by atoms with Gasteiger partial charge < -0.3 is 14.8 Å². The summed E-state index contributed by atoms with van der Waals surface area (Å²) in [6.07, 6.45) is 1.13. The first-order chi connectivity index (χ1) is 10.0.